The third kappa shape index (κ3) is 2.12. The zero-order valence-corrected chi connectivity index (χ0v) is 12.9. The highest BCUT2D eigenvalue weighted by molar-refractivity contribution is 5.54. The van der Waals surface area contributed by atoms with Crippen LogP contribution in [0.4, 0.5) is 8.78 Å². The van der Waals surface area contributed by atoms with Crippen LogP contribution in [0.25, 0.3) is 0 Å². The smallest absolute Gasteiger partial charge is 0.251 e. The third-order valence-corrected chi connectivity index (χ3v) is 5.19. The van der Waals surface area contributed by atoms with Gasteiger partial charge in [-0.05, 0) is 42.7 Å². The van der Waals surface area contributed by atoms with Crippen molar-refractivity contribution in [1.29, 1.82) is 0 Å². The first-order valence-electron chi connectivity index (χ1n) is 7.86. The highest BCUT2D eigenvalue weighted by Gasteiger charge is 2.57. The van der Waals surface area contributed by atoms with E-state index in [-0.39, 0.29) is 18.6 Å². The molecular weight excluding hydrogens is 298 g/mol. The molecule has 1 saturated carbocycles. The van der Waals surface area contributed by atoms with Crippen LogP contribution in [0.3, 0.4) is 0 Å². The van der Waals surface area contributed by atoms with Crippen molar-refractivity contribution in [2.24, 2.45) is 0 Å². The number of hydrogen-bond acceptors (Lipinski definition) is 2. The molecule has 2 nitrogen and oxygen atoms in total. The second kappa shape index (κ2) is 4.70. The maximum absolute atomic E-state index is 14.0. The Morgan fingerprint density at radius 1 is 1.09 bits per heavy atom. The fourth-order valence-electron chi connectivity index (χ4n) is 4.03. The van der Waals surface area contributed by atoms with Gasteiger partial charge in [0.05, 0.1) is 5.41 Å². The molecule has 2 aromatic rings. The first-order chi connectivity index (χ1) is 10.9. The van der Waals surface area contributed by atoms with Gasteiger partial charge in [0, 0.05) is 18.4 Å². The number of hydrogen-bond donors (Lipinski definition) is 1. The van der Waals surface area contributed by atoms with Gasteiger partial charge in [0.1, 0.15) is 17.6 Å². The quantitative estimate of drug-likeness (QED) is 0.835. The molecule has 0 aromatic heterocycles. The predicted octanol–water partition coefficient (Wildman–Crippen LogP) is 4.57. The second-order valence-electron chi connectivity index (χ2n) is 6.68. The monoisotopic (exact) mass is 316 g/mol. The van der Waals surface area contributed by atoms with Gasteiger partial charge < -0.3 is 9.84 Å². The number of phenolic OH excluding ortho intramolecular Hbond substituents is 1. The van der Waals surface area contributed by atoms with E-state index in [1.54, 1.807) is 12.1 Å². The van der Waals surface area contributed by atoms with Crippen molar-refractivity contribution in [3.05, 3.63) is 59.2 Å². The Balaban J connectivity index is 1.90. The number of ether oxygens (including phenoxy) is 1. The topological polar surface area (TPSA) is 29.5 Å². The number of aryl methyl sites for hydroxylation is 1. The molecule has 2 aliphatic rings. The first kappa shape index (κ1) is 14.5. The lowest BCUT2D eigenvalue weighted by molar-refractivity contribution is -0.0829. The van der Waals surface area contributed by atoms with Crippen molar-refractivity contribution >= 4 is 0 Å². The molecule has 120 valence electrons. The van der Waals surface area contributed by atoms with E-state index >= 15 is 0 Å². The summed E-state index contributed by atoms with van der Waals surface area (Å²) in [6, 6.07) is 12.8. The Kier molecular flexibility index (Phi) is 2.96. The molecular formula is C19H18F2O2. The zero-order valence-electron chi connectivity index (χ0n) is 12.9. The molecule has 1 N–H and O–H groups in total. The number of benzene rings is 2. The summed E-state index contributed by atoms with van der Waals surface area (Å²) in [5.41, 5.74) is 2.40. The molecule has 2 unspecified atom stereocenters. The summed E-state index contributed by atoms with van der Waals surface area (Å²) in [5, 5.41) is 9.56. The average molecular weight is 316 g/mol. The Morgan fingerprint density at radius 3 is 2.57 bits per heavy atom. The molecule has 1 fully saturated rings. The average Bonchev–Trinajstić information content (AvgIpc) is 2.80. The van der Waals surface area contributed by atoms with Crippen molar-refractivity contribution in [3.8, 4) is 11.5 Å². The maximum atomic E-state index is 14.0. The minimum Gasteiger partial charge on any atom is -0.508 e. The van der Waals surface area contributed by atoms with E-state index in [2.05, 4.69) is 0 Å². The Labute approximate surface area is 133 Å². The lowest BCUT2D eigenvalue weighted by Gasteiger charge is -2.41. The van der Waals surface area contributed by atoms with E-state index in [0.29, 0.717) is 12.2 Å². The van der Waals surface area contributed by atoms with E-state index in [9.17, 15) is 13.9 Å². The first-order valence-corrected chi connectivity index (χ1v) is 7.86. The lowest BCUT2D eigenvalue weighted by atomic mass is 9.63. The summed E-state index contributed by atoms with van der Waals surface area (Å²) in [5.74, 6) is -1.81. The number of rotatable bonds is 1. The molecule has 1 heterocycles. The highest BCUT2D eigenvalue weighted by Crippen LogP contribution is 2.57. The molecule has 0 saturated heterocycles. The van der Waals surface area contributed by atoms with Crippen LogP contribution in [-0.4, -0.2) is 17.1 Å². The van der Waals surface area contributed by atoms with Gasteiger partial charge >= 0.3 is 0 Å². The SMILES string of the molecule is Cc1ccc2c(c1)OC1CC(F)(F)CCC21c1ccc(O)cc1. The van der Waals surface area contributed by atoms with Crippen LogP contribution in [0.15, 0.2) is 42.5 Å². The number of aromatic hydroxyl groups is 1. The highest BCUT2D eigenvalue weighted by atomic mass is 19.3. The fourth-order valence-corrected chi connectivity index (χ4v) is 4.03. The van der Waals surface area contributed by atoms with E-state index in [1.807, 2.05) is 37.3 Å². The minimum atomic E-state index is -2.69. The summed E-state index contributed by atoms with van der Waals surface area (Å²) in [7, 11) is 0. The zero-order chi connectivity index (χ0) is 16.2. The predicted molar refractivity (Wildman–Crippen MR) is 83.3 cm³/mol. The van der Waals surface area contributed by atoms with Crippen LogP contribution >= 0.6 is 0 Å². The molecule has 4 heteroatoms. The maximum Gasteiger partial charge on any atom is 0.251 e. The van der Waals surface area contributed by atoms with Crippen LogP contribution in [-0.2, 0) is 5.41 Å². The summed E-state index contributed by atoms with van der Waals surface area (Å²) < 4.78 is 33.9. The number of fused-ring (bicyclic) bond motifs is 3. The van der Waals surface area contributed by atoms with Crippen LogP contribution < -0.4 is 4.74 Å². The van der Waals surface area contributed by atoms with Gasteiger partial charge in [-0.3, -0.25) is 0 Å². The number of halogens is 2. The Hall–Kier alpha value is -2.10. The lowest BCUT2D eigenvalue weighted by Crippen LogP contribution is -2.48. The van der Waals surface area contributed by atoms with Gasteiger partial charge in [-0.2, -0.15) is 0 Å². The number of phenols is 1. The minimum absolute atomic E-state index is 0.152. The molecule has 0 radical (unpaired) electrons. The molecule has 1 aliphatic carbocycles. The van der Waals surface area contributed by atoms with Crippen molar-refractivity contribution < 1.29 is 18.6 Å². The van der Waals surface area contributed by atoms with Crippen molar-refractivity contribution in [3.63, 3.8) is 0 Å². The normalized spacial score (nSPS) is 27.9. The van der Waals surface area contributed by atoms with Crippen molar-refractivity contribution in [2.75, 3.05) is 0 Å². The molecule has 1 aliphatic heterocycles. The third-order valence-electron chi connectivity index (χ3n) is 5.19. The summed E-state index contributed by atoms with van der Waals surface area (Å²) in [6.07, 6.45) is -0.665. The van der Waals surface area contributed by atoms with E-state index < -0.39 is 17.4 Å². The van der Waals surface area contributed by atoms with Gasteiger partial charge in [0.15, 0.2) is 0 Å². The molecule has 2 aromatic carbocycles. The van der Waals surface area contributed by atoms with Gasteiger partial charge in [-0.1, -0.05) is 24.3 Å². The Morgan fingerprint density at radius 2 is 1.83 bits per heavy atom. The number of alkyl halides is 2. The van der Waals surface area contributed by atoms with Crippen molar-refractivity contribution in [2.45, 2.75) is 43.6 Å². The standard InChI is InChI=1S/C19H18F2O2/c1-12-2-7-15-16(10-12)23-17-11-18(20,21)8-9-19(15,17)13-3-5-14(22)6-4-13/h2-7,10,17,22H,8-9,11H2,1H3. The van der Waals surface area contributed by atoms with Gasteiger partial charge in [0.25, 0.3) is 5.92 Å². The van der Waals surface area contributed by atoms with Gasteiger partial charge in [0.2, 0.25) is 0 Å². The van der Waals surface area contributed by atoms with E-state index in [1.165, 1.54) is 0 Å². The molecule has 0 spiro atoms. The molecule has 0 bridgehead atoms. The summed E-state index contributed by atoms with van der Waals surface area (Å²) in [4.78, 5) is 0. The Bertz CT molecular complexity index is 754. The van der Waals surface area contributed by atoms with Crippen LogP contribution in [0.1, 0.15) is 36.0 Å². The van der Waals surface area contributed by atoms with Gasteiger partial charge in [-0.25, -0.2) is 8.78 Å². The fraction of sp³-hybridized carbons (Fsp3) is 0.368. The van der Waals surface area contributed by atoms with E-state index in [0.717, 1.165) is 16.7 Å². The second-order valence-corrected chi connectivity index (χ2v) is 6.68. The van der Waals surface area contributed by atoms with Crippen LogP contribution in [0, 0.1) is 6.92 Å². The molecule has 23 heavy (non-hydrogen) atoms. The summed E-state index contributed by atoms with van der Waals surface area (Å²) in [6.45, 7) is 1.97. The van der Waals surface area contributed by atoms with E-state index in [4.69, 9.17) is 4.74 Å². The van der Waals surface area contributed by atoms with Crippen LogP contribution in [0.2, 0.25) is 0 Å². The largest absolute Gasteiger partial charge is 0.508 e. The van der Waals surface area contributed by atoms with Gasteiger partial charge in [-0.15, -0.1) is 0 Å². The molecule has 0 amide bonds. The summed E-state index contributed by atoms with van der Waals surface area (Å²) >= 11 is 0. The molecule has 4 rings (SSSR count). The molecule has 2 atom stereocenters. The van der Waals surface area contributed by atoms with Crippen LogP contribution in [0.5, 0.6) is 11.5 Å². The van der Waals surface area contributed by atoms with Crippen molar-refractivity contribution in [1.82, 2.24) is 0 Å².